The highest BCUT2D eigenvalue weighted by Gasteiger charge is 2.27. The number of fused-ring (bicyclic) bond motifs is 1. The molecule has 0 saturated heterocycles. The normalized spacial score (nSPS) is 14.4. The lowest BCUT2D eigenvalue weighted by Gasteiger charge is -2.31. The molecule has 0 radical (unpaired) electrons. The number of nitrogen functional groups attached to an aromatic ring is 1. The monoisotopic (exact) mass is 328 g/mol. The quantitative estimate of drug-likeness (QED) is 0.871. The fourth-order valence-electron chi connectivity index (χ4n) is 2.89. The molecule has 1 aromatic heterocycles. The van der Waals surface area contributed by atoms with E-state index in [1.165, 1.54) is 0 Å². The van der Waals surface area contributed by atoms with Crippen molar-refractivity contribution >= 4 is 17.6 Å². The smallest absolute Gasteiger partial charge is 0.414 e. The summed E-state index contributed by atoms with van der Waals surface area (Å²) in [7, 11) is 1.82. The van der Waals surface area contributed by atoms with E-state index in [0.29, 0.717) is 12.4 Å². The number of aryl methyl sites for hydroxylation is 2. The molecule has 1 amide bonds. The van der Waals surface area contributed by atoms with Crippen molar-refractivity contribution in [2.45, 2.75) is 39.2 Å². The van der Waals surface area contributed by atoms with Crippen molar-refractivity contribution < 1.29 is 9.53 Å². The second kappa shape index (κ2) is 5.85. The van der Waals surface area contributed by atoms with Crippen molar-refractivity contribution in [3.8, 4) is 11.3 Å². The summed E-state index contributed by atoms with van der Waals surface area (Å²) in [5.74, 6) is 0.623. The number of hydrogen-bond donors (Lipinski definition) is 1. The van der Waals surface area contributed by atoms with Crippen molar-refractivity contribution in [2.75, 3.05) is 17.2 Å². The van der Waals surface area contributed by atoms with Crippen molar-refractivity contribution in [2.24, 2.45) is 7.05 Å². The number of carbonyl (C=O) groups is 1. The van der Waals surface area contributed by atoms with Gasteiger partial charge in [0.15, 0.2) is 0 Å². The molecule has 2 aromatic rings. The summed E-state index contributed by atoms with van der Waals surface area (Å²) in [6.07, 6.45) is 1.56. The summed E-state index contributed by atoms with van der Waals surface area (Å²) in [4.78, 5) is 14.2. The number of anilines is 2. The third-order valence-corrected chi connectivity index (χ3v) is 4.02. The predicted octanol–water partition coefficient (Wildman–Crippen LogP) is 3.36. The van der Waals surface area contributed by atoms with Crippen molar-refractivity contribution in [3.05, 3.63) is 29.8 Å². The van der Waals surface area contributed by atoms with E-state index in [4.69, 9.17) is 10.5 Å². The van der Waals surface area contributed by atoms with Crippen LogP contribution in [0.4, 0.5) is 16.3 Å². The first-order valence-corrected chi connectivity index (χ1v) is 8.18. The number of aromatic nitrogens is 2. The first kappa shape index (κ1) is 16.4. The molecule has 3 rings (SSSR count). The average molecular weight is 328 g/mol. The molecular weight excluding hydrogens is 304 g/mol. The molecule has 128 valence electrons. The van der Waals surface area contributed by atoms with E-state index >= 15 is 0 Å². The van der Waals surface area contributed by atoms with Crippen LogP contribution in [0.15, 0.2) is 24.3 Å². The molecule has 2 N–H and O–H groups in total. The molecule has 6 heteroatoms. The van der Waals surface area contributed by atoms with E-state index in [1.807, 2.05) is 46.0 Å². The van der Waals surface area contributed by atoms with Crippen molar-refractivity contribution in [1.82, 2.24) is 9.78 Å². The standard InChI is InChI=1S/C18H24N4O2/c1-18(2,3)24-17(23)22-9-5-6-13-10-12(7-8-15(13)22)14-11-16(19)21(4)20-14/h7-8,10-11H,5-6,9,19H2,1-4H3. The number of rotatable bonds is 1. The molecule has 0 spiro atoms. The number of hydrogen-bond acceptors (Lipinski definition) is 4. The summed E-state index contributed by atoms with van der Waals surface area (Å²) in [6.45, 7) is 6.32. The van der Waals surface area contributed by atoms with E-state index in [9.17, 15) is 4.79 Å². The summed E-state index contributed by atoms with van der Waals surface area (Å²) >= 11 is 0. The van der Waals surface area contributed by atoms with Gasteiger partial charge >= 0.3 is 6.09 Å². The third kappa shape index (κ3) is 3.22. The molecule has 1 aromatic carbocycles. The minimum absolute atomic E-state index is 0.293. The van der Waals surface area contributed by atoms with E-state index in [0.717, 1.165) is 35.3 Å². The second-order valence-corrected chi connectivity index (χ2v) is 7.16. The summed E-state index contributed by atoms with van der Waals surface area (Å²) < 4.78 is 7.18. The highest BCUT2D eigenvalue weighted by Crippen LogP contribution is 2.32. The lowest BCUT2D eigenvalue weighted by molar-refractivity contribution is 0.0578. The second-order valence-electron chi connectivity index (χ2n) is 7.16. The average Bonchev–Trinajstić information content (AvgIpc) is 2.84. The number of amides is 1. The summed E-state index contributed by atoms with van der Waals surface area (Å²) in [5.41, 5.74) is 9.27. The Bertz CT molecular complexity index is 754. The molecule has 6 nitrogen and oxygen atoms in total. The van der Waals surface area contributed by atoms with E-state index < -0.39 is 5.60 Å². The number of nitrogens with two attached hydrogens (primary N) is 1. The van der Waals surface area contributed by atoms with Crippen molar-refractivity contribution in [1.29, 1.82) is 0 Å². The van der Waals surface area contributed by atoms with Gasteiger partial charge in [-0.2, -0.15) is 5.10 Å². The van der Waals surface area contributed by atoms with Gasteiger partial charge in [0.25, 0.3) is 0 Å². The lowest BCUT2D eigenvalue weighted by atomic mass is 9.98. The maximum Gasteiger partial charge on any atom is 0.414 e. The van der Waals surface area contributed by atoms with Crippen LogP contribution in [0.5, 0.6) is 0 Å². The summed E-state index contributed by atoms with van der Waals surface area (Å²) in [5, 5.41) is 4.42. The van der Waals surface area contributed by atoms with Gasteiger partial charge < -0.3 is 10.5 Å². The van der Waals surface area contributed by atoms with Gasteiger partial charge in [0, 0.05) is 25.2 Å². The van der Waals surface area contributed by atoms with Crippen molar-refractivity contribution in [3.63, 3.8) is 0 Å². The third-order valence-electron chi connectivity index (χ3n) is 4.02. The first-order chi connectivity index (χ1) is 11.2. The van der Waals surface area contributed by atoms with Crippen LogP contribution in [-0.2, 0) is 18.2 Å². The Hall–Kier alpha value is -2.50. The molecule has 0 saturated carbocycles. The molecule has 0 unspecified atom stereocenters. The molecule has 2 heterocycles. The van der Waals surface area contributed by atoms with E-state index in [1.54, 1.807) is 9.58 Å². The van der Waals surface area contributed by atoms with Crippen LogP contribution in [0.3, 0.4) is 0 Å². The zero-order chi connectivity index (χ0) is 17.5. The van der Waals surface area contributed by atoms with Gasteiger partial charge in [-0.3, -0.25) is 9.58 Å². The van der Waals surface area contributed by atoms with Crippen LogP contribution in [0.2, 0.25) is 0 Å². The molecule has 0 fully saturated rings. The molecule has 1 aliphatic heterocycles. The Kier molecular flexibility index (Phi) is 3.99. The van der Waals surface area contributed by atoms with Crippen LogP contribution in [0.25, 0.3) is 11.3 Å². The van der Waals surface area contributed by atoms with Gasteiger partial charge in [-0.1, -0.05) is 6.07 Å². The molecule has 0 aliphatic carbocycles. The van der Waals surface area contributed by atoms with Crippen LogP contribution in [-0.4, -0.2) is 28.0 Å². The minimum Gasteiger partial charge on any atom is -0.443 e. The maximum atomic E-state index is 12.5. The first-order valence-electron chi connectivity index (χ1n) is 8.18. The van der Waals surface area contributed by atoms with Gasteiger partial charge in [0.05, 0.1) is 11.4 Å². The number of benzene rings is 1. The highest BCUT2D eigenvalue weighted by atomic mass is 16.6. The Labute approximate surface area is 142 Å². The molecule has 1 aliphatic rings. The highest BCUT2D eigenvalue weighted by molar-refractivity contribution is 5.90. The molecular formula is C18H24N4O2. The van der Waals surface area contributed by atoms with Crippen LogP contribution < -0.4 is 10.6 Å². The Balaban J connectivity index is 1.91. The van der Waals surface area contributed by atoms with Gasteiger partial charge in [-0.15, -0.1) is 0 Å². The van der Waals surface area contributed by atoms with Gasteiger partial charge in [0.1, 0.15) is 11.4 Å². The SMILES string of the molecule is Cn1nc(-c2ccc3c(c2)CCCN3C(=O)OC(C)(C)C)cc1N. The van der Waals surface area contributed by atoms with Gasteiger partial charge in [-0.05, 0) is 51.3 Å². The number of ether oxygens (including phenoxy) is 1. The Morgan fingerprint density at radius 1 is 1.29 bits per heavy atom. The number of nitrogens with zero attached hydrogens (tertiary/aromatic N) is 3. The fourth-order valence-corrected chi connectivity index (χ4v) is 2.89. The molecule has 24 heavy (non-hydrogen) atoms. The molecule has 0 atom stereocenters. The molecule has 0 bridgehead atoms. The predicted molar refractivity (Wildman–Crippen MR) is 95.0 cm³/mol. The van der Waals surface area contributed by atoms with Gasteiger partial charge in [0.2, 0.25) is 0 Å². The van der Waals surface area contributed by atoms with E-state index in [2.05, 4.69) is 11.2 Å². The number of carbonyl (C=O) groups excluding carboxylic acids is 1. The van der Waals surface area contributed by atoms with E-state index in [-0.39, 0.29) is 6.09 Å². The minimum atomic E-state index is -0.500. The fraction of sp³-hybridized carbons (Fsp3) is 0.444. The Morgan fingerprint density at radius 3 is 2.67 bits per heavy atom. The van der Waals surface area contributed by atoms with Crippen LogP contribution in [0, 0.1) is 0 Å². The van der Waals surface area contributed by atoms with Gasteiger partial charge in [-0.25, -0.2) is 4.79 Å². The maximum absolute atomic E-state index is 12.5. The largest absolute Gasteiger partial charge is 0.443 e. The topological polar surface area (TPSA) is 73.4 Å². The van der Waals surface area contributed by atoms with Crippen LogP contribution in [0.1, 0.15) is 32.8 Å². The van der Waals surface area contributed by atoms with Crippen LogP contribution >= 0.6 is 0 Å². The Morgan fingerprint density at radius 2 is 2.04 bits per heavy atom. The summed E-state index contributed by atoms with van der Waals surface area (Å²) in [6, 6.07) is 7.89. The lowest BCUT2D eigenvalue weighted by Crippen LogP contribution is -2.39. The zero-order valence-electron chi connectivity index (χ0n) is 14.7. The zero-order valence-corrected chi connectivity index (χ0v) is 14.7.